The number of nitrogens with one attached hydrogen (secondary N) is 2. The summed E-state index contributed by atoms with van der Waals surface area (Å²) in [5.41, 5.74) is 5.72. The molecule has 6 heteroatoms. The van der Waals surface area contributed by atoms with Crippen LogP contribution in [0.15, 0.2) is 18.2 Å². The van der Waals surface area contributed by atoms with Gasteiger partial charge in [-0.15, -0.1) is 12.4 Å². The summed E-state index contributed by atoms with van der Waals surface area (Å²) in [6.45, 7) is 1.89. The van der Waals surface area contributed by atoms with Crippen LogP contribution < -0.4 is 11.1 Å². The Morgan fingerprint density at radius 3 is 2.75 bits per heavy atom. The van der Waals surface area contributed by atoms with Crippen LogP contribution in [-0.4, -0.2) is 23.6 Å². The third-order valence-electron chi connectivity index (χ3n) is 1.87. The maximum absolute atomic E-state index is 13.3. The van der Waals surface area contributed by atoms with Crippen molar-refractivity contribution in [1.82, 2.24) is 0 Å². The van der Waals surface area contributed by atoms with Crippen LogP contribution in [0.2, 0.25) is 0 Å². The number of halogens is 2. The third-order valence-corrected chi connectivity index (χ3v) is 1.87. The quantitative estimate of drug-likeness (QED) is 0.479. The molecule has 0 bridgehead atoms. The molecule has 90 valence electrons. The van der Waals surface area contributed by atoms with E-state index in [1.807, 2.05) is 0 Å². The second-order valence-corrected chi connectivity index (χ2v) is 3.31. The summed E-state index contributed by atoms with van der Waals surface area (Å²) in [7, 11) is 0. The molecular formula is C10H15ClFN3O. The number of amidine groups is 1. The zero-order chi connectivity index (χ0) is 11.4. The molecule has 0 spiro atoms. The van der Waals surface area contributed by atoms with Crippen molar-refractivity contribution in [2.24, 2.45) is 5.73 Å². The smallest absolute Gasteiger partial charge is 0.136 e. The third kappa shape index (κ3) is 3.67. The first-order chi connectivity index (χ1) is 7.02. The predicted molar refractivity (Wildman–Crippen MR) is 64.8 cm³/mol. The number of anilines is 1. The monoisotopic (exact) mass is 247 g/mol. The van der Waals surface area contributed by atoms with Crippen LogP contribution in [0.25, 0.3) is 0 Å². The molecule has 0 heterocycles. The molecule has 1 aromatic carbocycles. The molecular weight excluding hydrogens is 233 g/mol. The summed E-state index contributed by atoms with van der Waals surface area (Å²) in [5.74, 6) is -0.876. The van der Waals surface area contributed by atoms with E-state index in [0.29, 0.717) is 5.69 Å². The Bertz CT molecular complexity index is 371. The molecule has 5 N–H and O–H groups in total. The average Bonchev–Trinajstić information content (AvgIpc) is 2.13. The minimum atomic E-state index is -0.548. The first kappa shape index (κ1) is 14.7. The van der Waals surface area contributed by atoms with E-state index in [4.69, 9.17) is 16.2 Å². The number of nitrogens with two attached hydrogens (primary N) is 1. The number of hydrogen-bond acceptors (Lipinski definition) is 3. The van der Waals surface area contributed by atoms with E-state index >= 15 is 0 Å². The van der Waals surface area contributed by atoms with Crippen LogP contribution >= 0.6 is 12.4 Å². The molecule has 0 amide bonds. The number of rotatable bonds is 4. The molecule has 1 atom stereocenters. The van der Waals surface area contributed by atoms with Crippen LogP contribution in [0.1, 0.15) is 12.5 Å². The summed E-state index contributed by atoms with van der Waals surface area (Å²) < 4.78 is 13.3. The van der Waals surface area contributed by atoms with Crippen molar-refractivity contribution in [3.05, 3.63) is 29.6 Å². The second kappa shape index (κ2) is 6.30. The van der Waals surface area contributed by atoms with E-state index in [1.165, 1.54) is 12.1 Å². The van der Waals surface area contributed by atoms with Crippen molar-refractivity contribution in [1.29, 1.82) is 5.41 Å². The van der Waals surface area contributed by atoms with Gasteiger partial charge in [-0.25, -0.2) is 4.39 Å². The molecule has 0 saturated carbocycles. The summed E-state index contributed by atoms with van der Waals surface area (Å²) in [6.07, 6.45) is -0.548. The molecule has 0 fully saturated rings. The SMILES string of the molecule is CC(O)CNc1cccc(F)c1C(=N)N.Cl. The predicted octanol–water partition coefficient (Wildman–Crippen LogP) is 1.32. The highest BCUT2D eigenvalue weighted by Gasteiger charge is 2.10. The molecule has 4 nitrogen and oxygen atoms in total. The number of aliphatic hydroxyl groups is 1. The Hall–Kier alpha value is -1.33. The number of benzene rings is 1. The first-order valence-corrected chi connectivity index (χ1v) is 4.57. The summed E-state index contributed by atoms with van der Waals surface area (Å²) >= 11 is 0. The van der Waals surface area contributed by atoms with Gasteiger partial charge < -0.3 is 16.2 Å². The minimum absolute atomic E-state index is 0. The first-order valence-electron chi connectivity index (χ1n) is 4.57. The van der Waals surface area contributed by atoms with Crippen LogP contribution in [0.3, 0.4) is 0 Å². The fourth-order valence-electron chi connectivity index (χ4n) is 1.20. The van der Waals surface area contributed by atoms with Crippen LogP contribution in [-0.2, 0) is 0 Å². The van der Waals surface area contributed by atoms with E-state index in [0.717, 1.165) is 0 Å². The molecule has 0 aliphatic rings. The van der Waals surface area contributed by atoms with E-state index in [1.54, 1.807) is 13.0 Å². The summed E-state index contributed by atoms with van der Waals surface area (Å²) in [4.78, 5) is 0. The van der Waals surface area contributed by atoms with Crippen molar-refractivity contribution in [3.63, 3.8) is 0 Å². The Labute approximate surface area is 99.6 Å². The van der Waals surface area contributed by atoms with Crippen molar-refractivity contribution < 1.29 is 9.50 Å². The van der Waals surface area contributed by atoms with Crippen LogP contribution in [0, 0.1) is 11.2 Å². The van der Waals surface area contributed by atoms with Gasteiger partial charge >= 0.3 is 0 Å². The molecule has 0 aliphatic heterocycles. The highest BCUT2D eigenvalue weighted by molar-refractivity contribution is 6.00. The zero-order valence-electron chi connectivity index (χ0n) is 8.83. The van der Waals surface area contributed by atoms with Gasteiger partial charge in [0.05, 0.1) is 11.7 Å². The Kier molecular flexibility index (Phi) is 5.77. The number of aliphatic hydroxyl groups excluding tert-OH is 1. The molecule has 1 unspecified atom stereocenters. The Morgan fingerprint density at radius 2 is 2.25 bits per heavy atom. The largest absolute Gasteiger partial charge is 0.392 e. The van der Waals surface area contributed by atoms with Gasteiger partial charge in [0.1, 0.15) is 11.7 Å². The van der Waals surface area contributed by atoms with Gasteiger partial charge in [0, 0.05) is 12.2 Å². The lowest BCUT2D eigenvalue weighted by Crippen LogP contribution is -2.20. The van der Waals surface area contributed by atoms with Gasteiger partial charge in [-0.1, -0.05) is 6.07 Å². The van der Waals surface area contributed by atoms with Gasteiger partial charge in [-0.3, -0.25) is 5.41 Å². The molecule has 0 saturated heterocycles. The molecule has 16 heavy (non-hydrogen) atoms. The Morgan fingerprint density at radius 1 is 1.62 bits per heavy atom. The maximum Gasteiger partial charge on any atom is 0.136 e. The van der Waals surface area contributed by atoms with E-state index in [-0.39, 0.29) is 30.4 Å². The fraction of sp³-hybridized carbons (Fsp3) is 0.300. The highest BCUT2D eigenvalue weighted by Crippen LogP contribution is 2.18. The molecule has 0 aliphatic carbocycles. The maximum atomic E-state index is 13.3. The van der Waals surface area contributed by atoms with Gasteiger partial charge in [0.15, 0.2) is 0 Å². The lowest BCUT2D eigenvalue weighted by Gasteiger charge is -2.12. The van der Waals surface area contributed by atoms with Crippen LogP contribution in [0.4, 0.5) is 10.1 Å². The van der Waals surface area contributed by atoms with E-state index in [2.05, 4.69) is 5.32 Å². The van der Waals surface area contributed by atoms with Gasteiger partial charge in [0.2, 0.25) is 0 Å². The lowest BCUT2D eigenvalue weighted by atomic mass is 10.1. The van der Waals surface area contributed by atoms with Crippen molar-refractivity contribution in [2.75, 3.05) is 11.9 Å². The van der Waals surface area contributed by atoms with Crippen LogP contribution in [0.5, 0.6) is 0 Å². The molecule has 0 radical (unpaired) electrons. The Balaban J connectivity index is 0.00000225. The summed E-state index contributed by atoms with van der Waals surface area (Å²) in [6, 6.07) is 4.37. The standard InChI is InChI=1S/C10H14FN3O.ClH/c1-6(15)5-14-8-4-2-3-7(11)9(8)10(12)13;/h2-4,6,14-15H,5H2,1H3,(H3,12,13);1H. The fourth-order valence-corrected chi connectivity index (χ4v) is 1.20. The van der Waals surface area contributed by atoms with Gasteiger partial charge in [-0.2, -0.15) is 0 Å². The minimum Gasteiger partial charge on any atom is -0.392 e. The normalized spacial score (nSPS) is 11.4. The zero-order valence-corrected chi connectivity index (χ0v) is 9.64. The highest BCUT2D eigenvalue weighted by atomic mass is 35.5. The van der Waals surface area contributed by atoms with Crippen molar-refractivity contribution in [2.45, 2.75) is 13.0 Å². The lowest BCUT2D eigenvalue weighted by molar-refractivity contribution is 0.208. The number of nitrogen functional groups attached to an aromatic ring is 1. The molecule has 0 aromatic heterocycles. The van der Waals surface area contributed by atoms with Gasteiger partial charge in [-0.05, 0) is 19.1 Å². The van der Waals surface area contributed by atoms with Gasteiger partial charge in [0.25, 0.3) is 0 Å². The molecule has 1 aromatic rings. The van der Waals surface area contributed by atoms with E-state index in [9.17, 15) is 4.39 Å². The van der Waals surface area contributed by atoms with Crippen molar-refractivity contribution >= 4 is 23.9 Å². The van der Waals surface area contributed by atoms with Crippen molar-refractivity contribution in [3.8, 4) is 0 Å². The van der Waals surface area contributed by atoms with E-state index < -0.39 is 11.9 Å². The molecule has 1 rings (SSSR count). The summed E-state index contributed by atoms with van der Waals surface area (Å²) in [5, 5.41) is 19.1. The second-order valence-electron chi connectivity index (χ2n) is 3.31. The average molecular weight is 248 g/mol. The number of hydrogen-bond donors (Lipinski definition) is 4. The topological polar surface area (TPSA) is 82.1 Å².